The maximum Gasteiger partial charge on any atom is 0.0487 e. The molecular weight excluding hydrogens is 505 g/mol. The maximum absolute atomic E-state index is 3.36. The molecule has 0 saturated carbocycles. The van der Waals surface area contributed by atoms with Crippen molar-refractivity contribution in [2.24, 2.45) is 10.2 Å². The summed E-state index contributed by atoms with van der Waals surface area (Å²) in [5.74, 6) is 0. The molecule has 0 fully saturated rings. The van der Waals surface area contributed by atoms with E-state index >= 15 is 0 Å². The van der Waals surface area contributed by atoms with Crippen LogP contribution in [-0.2, 0) is 20.4 Å². The molecule has 0 amide bonds. The Morgan fingerprint density at radius 2 is 1.17 bits per heavy atom. The fourth-order valence-corrected chi connectivity index (χ4v) is 0. The Bertz CT molecular complexity index is 26.7. The SMILES string of the molecule is CN=NC.[Re].[Rf]. The van der Waals surface area contributed by atoms with Crippen LogP contribution in [0.1, 0.15) is 0 Å². The summed E-state index contributed by atoms with van der Waals surface area (Å²) in [7, 11) is 3.28. The van der Waals surface area contributed by atoms with Gasteiger partial charge in [-0.1, -0.05) is 0 Å². The second-order valence-corrected chi connectivity index (χ2v) is 0.400. The molecule has 0 N–H and O–H groups in total. The van der Waals surface area contributed by atoms with Gasteiger partial charge in [0, 0.05) is 34.5 Å². The van der Waals surface area contributed by atoms with Crippen molar-refractivity contribution < 1.29 is 20.4 Å². The molecule has 2 nitrogen and oxygen atoms in total. The van der Waals surface area contributed by atoms with Gasteiger partial charge in [0.2, 0.25) is 0 Å². The van der Waals surface area contributed by atoms with Crippen molar-refractivity contribution in [1.82, 2.24) is 0 Å². The Morgan fingerprint density at radius 3 is 1.17 bits per heavy atom. The summed E-state index contributed by atoms with van der Waals surface area (Å²) < 4.78 is 0. The van der Waals surface area contributed by atoms with Gasteiger partial charge in [-0.2, -0.15) is 10.2 Å². The topological polar surface area (TPSA) is 24.7 Å². The minimum absolute atomic E-state index is 0. The van der Waals surface area contributed by atoms with E-state index in [-0.39, 0.29) is 20.4 Å². The van der Waals surface area contributed by atoms with Crippen LogP contribution in [0.2, 0.25) is 0 Å². The molecule has 0 spiro atoms. The smallest absolute Gasteiger partial charge is 0.0487 e. The van der Waals surface area contributed by atoms with Crippen molar-refractivity contribution >= 4 is 0 Å². The Labute approximate surface area is 45.3 Å². The Hall–Kier alpha value is -0.738. The molecule has 0 unspecified atom stereocenters. The van der Waals surface area contributed by atoms with Crippen molar-refractivity contribution in [3.63, 3.8) is 0 Å². The van der Waals surface area contributed by atoms with E-state index in [1.54, 1.807) is 14.1 Å². The second-order valence-electron chi connectivity index (χ2n) is 0.400. The third-order valence-electron chi connectivity index (χ3n) is 0.200. The first-order chi connectivity index (χ1) is 1.91. The molecule has 1 radical (unpaired) electrons. The number of hydrogen-bond donors (Lipinski definition) is 0. The quantitative estimate of drug-likeness (QED) is 0.428. The normalized spacial score (nSPS) is 6.33. The molecule has 0 heterocycles. The predicted molar refractivity (Wildman–Crippen MR) is 16.7 cm³/mol. The minimum atomic E-state index is 0. The van der Waals surface area contributed by atoms with Gasteiger partial charge in [-0.3, -0.25) is 0 Å². The van der Waals surface area contributed by atoms with Gasteiger partial charge in [0.05, 0.1) is 0 Å². The van der Waals surface area contributed by atoms with Gasteiger partial charge in [0.25, 0.3) is 0 Å². The summed E-state index contributed by atoms with van der Waals surface area (Å²) in [5, 5.41) is 6.72. The van der Waals surface area contributed by atoms with Gasteiger partial charge >= 0.3 is 0 Å². The zero-order valence-electron chi connectivity index (χ0n) is 3.98. The predicted octanol–water partition coefficient (Wildman–Crippen LogP) is 0.696. The van der Waals surface area contributed by atoms with Crippen LogP contribution in [0.4, 0.5) is 0 Å². The van der Waals surface area contributed by atoms with E-state index in [4.69, 9.17) is 0 Å². The standard InChI is InChI=1S/C2H6N2.Re.Rf/c1-3-4-2;;/h1-2H3;;. The molecule has 0 aromatic heterocycles. The zero-order valence-corrected chi connectivity index (χ0v) is 13.1. The molecule has 0 aromatic rings. The molecule has 6 heavy (non-hydrogen) atoms. The Morgan fingerprint density at radius 1 is 1.00 bits per heavy atom. The van der Waals surface area contributed by atoms with Crippen LogP contribution < -0.4 is 0 Å². The number of azo groups is 1. The second kappa shape index (κ2) is 28.5. The molecule has 4 heteroatoms. The molecule has 0 aliphatic heterocycles. The summed E-state index contributed by atoms with van der Waals surface area (Å²) in [6.07, 6.45) is 0. The van der Waals surface area contributed by atoms with Crippen molar-refractivity contribution in [2.75, 3.05) is 14.1 Å². The summed E-state index contributed by atoms with van der Waals surface area (Å²) >= 11 is 0. The largest absolute Gasteiger partial charge is 0.198 e. The third kappa shape index (κ3) is 243. The molecule has 0 atom stereocenters. The van der Waals surface area contributed by atoms with Crippen molar-refractivity contribution in [3.8, 4) is 0 Å². The summed E-state index contributed by atoms with van der Waals surface area (Å²) in [4.78, 5) is 0. The van der Waals surface area contributed by atoms with Crippen LogP contribution >= 0.6 is 0 Å². The van der Waals surface area contributed by atoms with E-state index in [1.807, 2.05) is 0 Å². The molecule has 33 valence electrons. The molecule has 0 saturated heterocycles. The average Bonchev–Trinajstić information content (AvgIpc) is 1.37. The first-order valence-corrected chi connectivity index (χ1v) is 1.09. The van der Waals surface area contributed by atoms with Gasteiger partial charge in [0.15, 0.2) is 0 Å². The van der Waals surface area contributed by atoms with E-state index in [0.717, 1.165) is 0 Å². The van der Waals surface area contributed by atoms with Crippen LogP contribution in [-0.4, -0.2) is 14.1 Å². The molecule has 0 aromatic carbocycles. The molecule has 0 bridgehead atoms. The maximum atomic E-state index is 3.36. The van der Waals surface area contributed by atoms with E-state index in [2.05, 4.69) is 10.2 Å². The van der Waals surface area contributed by atoms with Crippen LogP contribution in [0.3, 0.4) is 0 Å². The molecule has 0 aliphatic carbocycles. The summed E-state index contributed by atoms with van der Waals surface area (Å²) in [6.45, 7) is 0. The van der Waals surface area contributed by atoms with Gasteiger partial charge < -0.3 is 0 Å². The monoisotopic (exact) mass is 512 g/mol. The van der Waals surface area contributed by atoms with Crippen LogP contribution in [0.25, 0.3) is 0 Å². The summed E-state index contributed by atoms with van der Waals surface area (Å²) in [6, 6.07) is 0. The average molecular weight is 511 g/mol. The van der Waals surface area contributed by atoms with Gasteiger partial charge in [-0.15, -0.1) is 0 Å². The first kappa shape index (κ1) is 18.7. The van der Waals surface area contributed by atoms with E-state index in [0.29, 0.717) is 0 Å². The summed E-state index contributed by atoms with van der Waals surface area (Å²) in [5.41, 5.74) is 0. The van der Waals surface area contributed by atoms with Crippen LogP contribution in [0.15, 0.2) is 10.2 Å². The molecule has 0 rings (SSSR count). The molecule has 0 aliphatic rings. The van der Waals surface area contributed by atoms with Gasteiger partial charge in [-0.05, 0) is 0 Å². The van der Waals surface area contributed by atoms with Crippen LogP contribution in [0.5, 0.6) is 0 Å². The number of nitrogens with zero attached hydrogens (tertiary/aromatic N) is 2. The number of hydrogen-bond acceptors (Lipinski definition) is 2. The van der Waals surface area contributed by atoms with Crippen molar-refractivity contribution in [1.29, 1.82) is 0 Å². The fraction of sp³-hybridized carbons (Fsp3) is 1.00. The third-order valence-corrected chi connectivity index (χ3v) is 0.200. The van der Waals surface area contributed by atoms with Gasteiger partial charge in [0.1, 0.15) is 0 Å². The van der Waals surface area contributed by atoms with Gasteiger partial charge in [-0.25, -0.2) is 0 Å². The zero-order chi connectivity index (χ0) is 3.41. The Balaban J connectivity index is -0.0000000450. The van der Waals surface area contributed by atoms with E-state index in [9.17, 15) is 0 Å². The fourth-order valence-electron chi connectivity index (χ4n) is 0. The van der Waals surface area contributed by atoms with Crippen molar-refractivity contribution in [3.05, 3.63) is 0 Å². The molecular formula is C2H6N2ReRf. The number of rotatable bonds is 0. The first-order valence-electron chi connectivity index (χ1n) is 1.09. The van der Waals surface area contributed by atoms with Crippen LogP contribution in [0, 0.1) is 0 Å². The Kier molecular flexibility index (Phi) is 88.6. The van der Waals surface area contributed by atoms with Crippen molar-refractivity contribution in [2.45, 2.75) is 0 Å². The minimum Gasteiger partial charge on any atom is -0.198 e. The van der Waals surface area contributed by atoms with E-state index in [1.165, 1.54) is 0 Å². The van der Waals surface area contributed by atoms with E-state index < -0.39 is 0 Å².